The highest BCUT2D eigenvalue weighted by molar-refractivity contribution is 5.84. The maximum absolute atomic E-state index is 12.1. The fourth-order valence-corrected chi connectivity index (χ4v) is 0.807. The highest BCUT2D eigenvalue weighted by Crippen LogP contribution is 2.28. The third kappa shape index (κ3) is 2.56. The predicted molar refractivity (Wildman–Crippen MR) is 43.9 cm³/mol. The van der Waals surface area contributed by atoms with Crippen molar-refractivity contribution in [3.8, 4) is 0 Å². The molecule has 0 atom stereocenters. The Morgan fingerprint density at radius 2 is 2.07 bits per heavy atom. The molecule has 0 aliphatic rings. The molecule has 0 saturated heterocycles. The summed E-state index contributed by atoms with van der Waals surface area (Å²) in [7, 11) is 0. The molecular weight excluding hydrogens is 215 g/mol. The molecule has 1 rings (SSSR count). The van der Waals surface area contributed by atoms with E-state index in [1.54, 1.807) is 0 Å². The third-order valence-electron chi connectivity index (χ3n) is 1.52. The molecule has 0 fully saturated rings. The molecule has 1 aromatic heterocycles. The van der Waals surface area contributed by atoms with Gasteiger partial charge < -0.3 is 5.11 Å². The lowest BCUT2D eigenvalue weighted by Crippen LogP contribution is -2.36. The fraction of sp³-hybridized carbons (Fsp3) is 0.143. The summed E-state index contributed by atoms with van der Waals surface area (Å²) in [5.74, 6) is 5.01. The maximum Gasteiger partial charge on any atom is 0.433 e. The fourth-order valence-electron chi connectivity index (χ4n) is 0.807. The summed E-state index contributed by atoms with van der Waals surface area (Å²) in [6, 6.07) is 1.57. The standard InChI is InChI=1S/C7H6F3N3O2/c8-7(9,10)5-2-1-4(3-12-5)13(11)6(14)15/h1-3H,11H2,(H,14,15). The van der Waals surface area contributed by atoms with E-state index in [1.165, 1.54) is 0 Å². The van der Waals surface area contributed by atoms with Gasteiger partial charge in [-0.1, -0.05) is 0 Å². The first kappa shape index (κ1) is 11.2. The number of halogens is 3. The normalized spacial score (nSPS) is 11.2. The zero-order chi connectivity index (χ0) is 11.6. The molecule has 15 heavy (non-hydrogen) atoms. The molecule has 1 aromatic rings. The van der Waals surface area contributed by atoms with Crippen LogP contribution in [0.2, 0.25) is 0 Å². The number of alkyl halides is 3. The van der Waals surface area contributed by atoms with Crippen molar-refractivity contribution in [2.75, 3.05) is 5.01 Å². The van der Waals surface area contributed by atoms with Crippen LogP contribution in [-0.4, -0.2) is 16.2 Å². The minimum atomic E-state index is -4.55. The van der Waals surface area contributed by atoms with Crippen molar-refractivity contribution < 1.29 is 23.1 Å². The third-order valence-corrected chi connectivity index (χ3v) is 1.52. The first-order valence-corrected chi connectivity index (χ1v) is 3.63. The number of hydrogen-bond donors (Lipinski definition) is 2. The van der Waals surface area contributed by atoms with Crippen molar-refractivity contribution >= 4 is 11.8 Å². The lowest BCUT2D eigenvalue weighted by atomic mass is 10.3. The second-order valence-corrected chi connectivity index (χ2v) is 2.55. The van der Waals surface area contributed by atoms with Crippen LogP contribution >= 0.6 is 0 Å². The summed E-state index contributed by atoms with van der Waals surface area (Å²) in [6.07, 6.45) is -5.31. The zero-order valence-electron chi connectivity index (χ0n) is 7.19. The van der Waals surface area contributed by atoms with Gasteiger partial charge in [0.1, 0.15) is 5.69 Å². The molecule has 0 spiro atoms. The number of pyridine rings is 1. The van der Waals surface area contributed by atoms with Crippen LogP contribution in [0.5, 0.6) is 0 Å². The van der Waals surface area contributed by atoms with Gasteiger partial charge in [0.05, 0.1) is 11.9 Å². The lowest BCUT2D eigenvalue weighted by Gasteiger charge is -2.12. The topological polar surface area (TPSA) is 79.5 Å². The monoisotopic (exact) mass is 221 g/mol. The van der Waals surface area contributed by atoms with E-state index in [1.807, 2.05) is 0 Å². The Balaban J connectivity index is 2.95. The Labute approximate surface area is 81.9 Å². The average molecular weight is 221 g/mol. The number of carbonyl (C=O) groups is 1. The van der Waals surface area contributed by atoms with Gasteiger partial charge in [-0.2, -0.15) is 13.2 Å². The van der Waals surface area contributed by atoms with E-state index in [9.17, 15) is 18.0 Å². The molecule has 3 N–H and O–H groups in total. The number of nitrogens with two attached hydrogens (primary N) is 1. The molecule has 0 aromatic carbocycles. The summed E-state index contributed by atoms with van der Waals surface area (Å²) in [4.78, 5) is 13.4. The molecule has 0 bridgehead atoms. The Morgan fingerprint density at radius 1 is 1.47 bits per heavy atom. The number of anilines is 1. The van der Waals surface area contributed by atoms with Gasteiger partial charge in [-0.15, -0.1) is 0 Å². The molecule has 0 saturated carbocycles. The number of amides is 1. The van der Waals surface area contributed by atoms with E-state index < -0.39 is 18.0 Å². The number of nitrogens with zero attached hydrogens (tertiary/aromatic N) is 2. The Kier molecular flexibility index (Phi) is 2.80. The van der Waals surface area contributed by atoms with Crippen LogP contribution in [0.15, 0.2) is 18.3 Å². The smallest absolute Gasteiger partial charge is 0.433 e. The van der Waals surface area contributed by atoms with Crippen LogP contribution in [0, 0.1) is 0 Å². The van der Waals surface area contributed by atoms with Gasteiger partial charge in [-0.05, 0) is 12.1 Å². The highest BCUT2D eigenvalue weighted by Gasteiger charge is 2.32. The highest BCUT2D eigenvalue weighted by atomic mass is 19.4. The van der Waals surface area contributed by atoms with Gasteiger partial charge in [0.2, 0.25) is 0 Å². The van der Waals surface area contributed by atoms with Crippen molar-refractivity contribution in [2.24, 2.45) is 5.84 Å². The number of aromatic nitrogens is 1. The second kappa shape index (κ2) is 3.73. The molecule has 8 heteroatoms. The lowest BCUT2D eigenvalue weighted by molar-refractivity contribution is -0.141. The molecule has 1 heterocycles. The second-order valence-electron chi connectivity index (χ2n) is 2.55. The number of hydrogen-bond acceptors (Lipinski definition) is 3. The summed E-state index contributed by atoms with van der Waals surface area (Å²) in [5.41, 5.74) is -1.25. The average Bonchev–Trinajstić information content (AvgIpc) is 2.15. The minimum absolute atomic E-state index is 0.143. The first-order valence-electron chi connectivity index (χ1n) is 3.63. The zero-order valence-corrected chi connectivity index (χ0v) is 7.19. The van der Waals surface area contributed by atoms with Crippen LogP contribution in [0.25, 0.3) is 0 Å². The molecule has 1 amide bonds. The first-order chi connectivity index (χ1) is 6.82. The van der Waals surface area contributed by atoms with Crippen molar-refractivity contribution in [3.05, 3.63) is 24.0 Å². The molecule has 82 valence electrons. The van der Waals surface area contributed by atoms with E-state index in [2.05, 4.69) is 4.98 Å². The van der Waals surface area contributed by atoms with Crippen molar-refractivity contribution in [2.45, 2.75) is 6.18 Å². The van der Waals surface area contributed by atoms with E-state index >= 15 is 0 Å². The van der Waals surface area contributed by atoms with E-state index in [0.717, 1.165) is 12.3 Å². The quantitative estimate of drug-likeness (QED) is 0.427. The van der Waals surface area contributed by atoms with Crippen molar-refractivity contribution in [3.63, 3.8) is 0 Å². The van der Waals surface area contributed by atoms with E-state index in [-0.39, 0.29) is 10.7 Å². The molecule has 5 nitrogen and oxygen atoms in total. The number of carboxylic acid groups (broad SMARTS) is 1. The molecule has 0 aliphatic heterocycles. The van der Waals surface area contributed by atoms with Crippen LogP contribution in [-0.2, 0) is 6.18 Å². The Hall–Kier alpha value is -1.83. The largest absolute Gasteiger partial charge is 0.464 e. The molecular formula is C7H6F3N3O2. The van der Waals surface area contributed by atoms with Gasteiger partial charge in [0, 0.05) is 0 Å². The van der Waals surface area contributed by atoms with Crippen LogP contribution in [0.4, 0.5) is 23.7 Å². The molecule has 0 aliphatic carbocycles. The van der Waals surface area contributed by atoms with Crippen molar-refractivity contribution in [1.29, 1.82) is 0 Å². The molecule has 0 radical (unpaired) electrons. The predicted octanol–water partition coefficient (Wildman–Crippen LogP) is 1.46. The van der Waals surface area contributed by atoms with Gasteiger partial charge in [-0.3, -0.25) is 0 Å². The minimum Gasteiger partial charge on any atom is -0.464 e. The summed E-state index contributed by atoms with van der Waals surface area (Å²) < 4.78 is 36.2. The number of hydrazine groups is 1. The van der Waals surface area contributed by atoms with E-state index in [4.69, 9.17) is 10.9 Å². The van der Waals surface area contributed by atoms with Gasteiger partial charge in [0.25, 0.3) is 0 Å². The Bertz CT molecular complexity index is 363. The van der Waals surface area contributed by atoms with Crippen LogP contribution in [0.3, 0.4) is 0 Å². The van der Waals surface area contributed by atoms with E-state index in [0.29, 0.717) is 6.07 Å². The number of rotatable bonds is 1. The van der Waals surface area contributed by atoms with Gasteiger partial charge in [0.15, 0.2) is 0 Å². The van der Waals surface area contributed by atoms with Gasteiger partial charge >= 0.3 is 12.3 Å². The summed E-state index contributed by atoms with van der Waals surface area (Å²) >= 11 is 0. The summed E-state index contributed by atoms with van der Waals surface area (Å²) in [6.45, 7) is 0. The summed E-state index contributed by atoms with van der Waals surface area (Å²) in [5, 5.41) is 8.69. The SMILES string of the molecule is NN(C(=O)O)c1ccc(C(F)(F)F)nc1. The maximum atomic E-state index is 12.1. The van der Waals surface area contributed by atoms with Crippen LogP contribution < -0.4 is 10.9 Å². The Morgan fingerprint density at radius 3 is 2.40 bits per heavy atom. The van der Waals surface area contributed by atoms with Crippen molar-refractivity contribution in [1.82, 2.24) is 4.98 Å². The molecule has 0 unspecified atom stereocenters. The van der Waals surface area contributed by atoms with Crippen LogP contribution in [0.1, 0.15) is 5.69 Å². The van der Waals surface area contributed by atoms with Gasteiger partial charge in [-0.25, -0.2) is 20.6 Å².